The number of nitrogens with one attached hydrogen (secondary N) is 2. The molecule has 0 spiro atoms. The Balaban J connectivity index is 2.35. The molecule has 4 nitrogen and oxygen atoms in total. The summed E-state index contributed by atoms with van der Waals surface area (Å²) < 4.78 is 26.3. The molecule has 2 amide bonds. The fraction of sp³-hybridized carbons (Fsp3) is 0.467. The van der Waals surface area contributed by atoms with Crippen molar-refractivity contribution < 1.29 is 18.4 Å². The van der Waals surface area contributed by atoms with Crippen molar-refractivity contribution >= 4 is 17.5 Å². The third-order valence-corrected chi connectivity index (χ3v) is 2.75. The van der Waals surface area contributed by atoms with Crippen LogP contribution in [0.4, 0.5) is 14.5 Å². The van der Waals surface area contributed by atoms with Gasteiger partial charge >= 0.3 is 0 Å². The van der Waals surface area contributed by atoms with Crippen LogP contribution < -0.4 is 10.6 Å². The predicted octanol–water partition coefficient (Wildman–Crippen LogP) is 2.85. The molecule has 0 saturated carbocycles. The number of carbonyl (C=O) groups is 2. The number of carbonyl (C=O) groups excluding carboxylic acids is 2. The van der Waals surface area contributed by atoms with Gasteiger partial charge in [-0.1, -0.05) is 20.8 Å². The van der Waals surface area contributed by atoms with E-state index in [4.69, 9.17) is 0 Å². The molecule has 116 valence electrons. The van der Waals surface area contributed by atoms with E-state index in [1.54, 1.807) is 20.8 Å². The van der Waals surface area contributed by atoms with Gasteiger partial charge in [0.2, 0.25) is 11.8 Å². The Bertz CT molecular complexity index is 525. The second kappa shape index (κ2) is 7.15. The van der Waals surface area contributed by atoms with Crippen molar-refractivity contribution in [1.29, 1.82) is 0 Å². The zero-order valence-corrected chi connectivity index (χ0v) is 12.4. The molecule has 1 rings (SSSR count). The molecule has 0 atom stereocenters. The van der Waals surface area contributed by atoms with Crippen molar-refractivity contribution in [3.05, 3.63) is 29.8 Å². The largest absolute Gasteiger partial charge is 0.356 e. The van der Waals surface area contributed by atoms with E-state index in [2.05, 4.69) is 10.6 Å². The molecule has 0 heterocycles. The zero-order valence-electron chi connectivity index (χ0n) is 12.4. The number of halogens is 2. The summed E-state index contributed by atoms with van der Waals surface area (Å²) in [5, 5.41) is 5.01. The quantitative estimate of drug-likeness (QED) is 0.821. The lowest BCUT2D eigenvalue weighted by Crippen LogP contribution is -2.35. The predicted molar refractivity (Wildman–Crippen MR) is 76.7 cm³/mol. The maximum Gasteiger partial charge on any atom is 0.225 e. The molecule has 0 radical (unpaired) electrons. The molecule has 0 aliphatic heterocycles. The van der Waals surface area contributed by atoms with Crippen molar-refractivity contribution in [3.8, 4) is 0 Å². The molecule has 0 bridgehead atoms. The van der Waals surface area contributed by atoms with Crippen molar-refractivity contribution in [3.63, 3.8) is 0 Å². The van der Waals surface area contributed by atoms with Crippen LogP contribution in [0.25, 0.3) is 0 Å². The Labute approximate surface area is 122 Å². The van der Waals surface area contributed by atoms with Crippen LogP contribution in [0, 0.1) is 17.0 Å². The van der Waals surface area contributed by atoms with Gasteiger partial charge in [0.25, 0.3) is 0 Å². The van der Waals surface area contributed by atoms with Gasteiger partial charge < -0.3 is 10.6 Å². The lowest BCUT2D eigenvalue weighted by Gasteiger charge is -2.17. The number of amides is 2. The highest BCUT2D eigenvalue weighted by Crippen LogP contribution is 2.15. The van der Waals surface area contributed by atoms with Crippen molar-refractivity contribution in [2.24, 2.45) is 5.41 Å². The van der Waals surface area contributed by atoms with Crippen LogP contribution in [0.1, 0.15) is 33.6 Å². The Kier molecular flexibility index (Phi) is 5.81. The number of anilines is 1. The fourth-order valence-electron chi connectivity index (χ4n) is 1.52. The van der Waals surface area contributed by atoms with Crippen molar-refractivity contribution in [2.75, 3.05) is 11.9 Å². The average Bonchev–Trinajstić information content (AvgIpc) is 2.37. The molecule has 21 heavy (non-hydrogen) atoms. The van der Waals surface area contributed by atoms with Gasteiger partial charge in [0, 0.05) is 24.4 Å². The third kappa shape index (κ3) is 5.89. The van der Waals surface area contributed by atoms with Gasteiger partial charge in [0.05, 0.1) is 5.69 Å². The van der Waals surface area contributed by atoms with Crippen LogP contribution in [-0.2, 0) is 9.59 Å². The number of rotatable bonds is 5. The summed E-state index contributed by atoms with van der Waals surface area (Å²) in [4.78, 5) is 23.2. The van der Waals surface area contributed by atoms with E-state index in [1.165, 1.54) is 0 Å². The van der Waals surface area contributed by atoms with E-state index in [9.17, 15) is 18.4 Å². The normalized spacial score (nSPS) is 11.1. The zero-order chi connectivity index (χ0) is 16.0. The molecule has 0 unspecified atom stereocenters. The molecule has 0 aliphatic carbocycles. The first kappa shape index (κ1) is 17.1. The minimum Gasteiger partial charge on any atom is -0.356 e. The van der Waals surface area contributed by atoms with E-state index in [0.29, 0.717) is 13.0 Å². The van der Waals surface area contributed by atoms with E-state index in [0.717, 1.165) is 18.2 Å². The van der Waals surface area contributed by atoms with Crippen LogP contribution in [0.2, 0.25) is 0 Å². The Morgan fingerprint density at radius 2 is 1.86 bits per heavy atom. The summed E-state index contributed by atoms with van der Waals surface area (Å²) in [5.41, 5.74) is -0.661. The summed E-state index contributed by atoms with van der Waals surface area (Å²) in [7, 11) is 0. The topological polar surface area (TPSA) is 58.2 Å². The Morgan fingerprint density at radius 3 is 2.48 bits per heavy atom. The van der Waals surface area contributed by atoms with E-state index in [1.807, 2.05) is 0 Å². The molecule has 2 N–H and O–H groups in total. The van der Waals surface area contributed by atoms with Crippen LogP contribution in [0.15, 0.2) is 18.2 Å². The minimum absolute atomic E-state index is 0.0981. The standard InChI is InChI=1S/C15H20F2N2O2/c1-15(2,3)14(21)18-8-4-5-13(20)19-12-9-10(16)6-7-11(12)17/h6-7,9H,4-5,8H2,1-3H3,(H,18,21)(H,19,20). The molecule has 1 aromatic carbocycles. The first-order valence-corrected chi connectivity index (χ1v) is 6.73. The lowest BCUT2D eigenvalue weighted by atomic mass is 9.96. The molecule has 0 aliphatic rings. The molecule has 1 aromatic rings. The van der Waals surface area contributed by atoms with Crippen LogP contribution in [0.3, 0.4) is 0 Å². The van der Waals surface area contributed by atoms with Gasteiger partial charge in [-0.3, -0.25) is 9.59 Å². The lowest BCUT2D eigenvalue weighted by molar-refractivity contribution is -0.128. The third-order valence-electron chi connectivity index (χ3n) is 2.75. The monoisotopic (exact) mass is 298 g/mol. The smallest absolute Gasteiger partial charge is 0.225 e. The molecule has 0 saturated heterocycles. The van der Waals surface area contributed by atoms with Crippen LogP contribution in [-0.4, -0.2) is 18.4 Å². The number of hydrogen-bond donors (Lipinski definition) is 2. The minimum atomic E-state index is -0.689. The van der Waals surface area contributed by atoms with Gasteiger partial charge in [0.1, 0.15) is 11.6 Å². The number of hydrogen-bond acceptors (Lipinski definition) is 2. The van der Waals surface area contributed by atoms with E-state index < -0.39 is 23.0 Å². The van der Waals surface area contributed by atoms with E-state index >= 15 is 0 Å². The molecule has 0 fully saturated rings. The van der Waals surface area contributed by atoms with Crippen LogP contribution >= 0.6 is 0 Å². The fourth-order valence-corrected chi connectivity index (χ4v) is 1.52. The first-order valence-electron chi connectivity index (χ1n) is 6.73. The molecular weight excluding hydrogens is 278 g/mol. The van der Waals surface area contributed by atoms with Crippen molar-refractivity contribution in [2.45, 2.75) is 33.6 Å². The highest BCUT2D eigenvalue weighted by atomic mass is 19.1. The van der Waals surface area contributed by atoms with Crippen molar-refractivity contribution in [1.82, 2.24) is 5.32 Å². The summed E-state index contributed by atoms with van der Waals surface area (Å²) in [6.45, 7) is 5.74. The maximum absolute atomic E-state index is 13.3. The number of benzene rings is 1. The van der Waals surface area contributed by atoms with Crippen LogP contribution in [0.5, 0.6) is 0 Å². The molecule has 6 heteroatoms. The van der Waals surface area contributed by atoms with Gasteiger partial charge in [-0.2, -0.15) is 0 Å². The Hall–Kier alpha value is -1.98. The SMILES string of the molecule is CC(C)(C)C(=O)NCCCC(=O)Nc1cc(F)ccc1F. The highest BCUT2D eigenvalue weighted by molar-refractivity contribution is 5.90. The van der Waals surface area contributed by atoms with E-state index in [-0.39, 0.29) is 18.0 Å². The summed E-state index contributed by atoms with van der Waals surface area (Å²) in [5.74, 6) is -1.83. The summed E-state index contributed by atoms with van der Waals surface area (Å²) >= 11 is 0. The molecular formula is C15H20F2N2O2. The van der Waals surface area contributed by atoms with Gasteiger partial charge in [-0.15, -0.1) is 0 Å². The summed E-state index contributed by atoms with van der Waals surface area (Å²) in [6.07, 6.45) is 0.533. The summed E-state index contributed by atoms with van der Waals surface area (Å²) in [6, 6.07) is 2.86. The van der Waals surface area contributed by atoms with Gasteiger partial charge in [0.15, 0.2) is 0 Å². The molecule has 0 aromatic heterocycles. The maximum atomic E-state index is 13.3. The Morgan fingerprint density at radius 1 is 1.19 bits per heavy atom. The second-order valence-corrected chi connectivity index (χ2v) is 5.78. The second-order valence-electron chi connectivity index (χ2n) is 5.78. The van der Waals surface area contributed by atoms with Gasteiger partial charge in [-0.25, -0.2) is 8.78 Å². The average molecular weight is 298 g/mol. The first-order chi connectivity index (χ1) is 9.70. The van der Waals surface area contributed by atoms with Gasteiger partial charge in [-0.05, 0) is 18.6 Å². The highest BCUT2D eigenvalue weighted by Gasteiger charge is 2.20.